The highest BCUT2D eigenvalue weighted by molar-refractivity contribution is 7.99. The van der Waals surface area contributed by atoms with Crippen molar-refractivity contribution in [2.24, 2.45) is 0 Å². The third-order valence-corrected chi connectivity index (χ3v) is 5.70. The minimum absolute atomic E-state index is 0. The monoisotopic (exact) mass is 374 g/mol. The molecule has 2 heterocycles. The van der Waals surface area contributed by atoms with Gasteiger partial charge in [0.2, 0.25) is 5.91 Å². The summed E-state index contributed by atoms with van der Waals surface area (Å²) in [7, 11) is 1.89. The van der Waals surface area contributed by atoms with Crippen LogP contribution in [0.3, 0.4) is 0 Å². The molecule has 128 valence electrons. The predicted octanol–water partition coefficient (Wildman–Crippen LogP) is 2.94. The van der Waals surface area contributed by atoms with Crippen molar-refractivity contribution in [3.8, 4) is 0 Å². The molecule has 1 amide bonds. The van der Waals surface area contributed by atoms with Crippen molar-refractivity contribution >= 4 is 51.6 Å². The lowest BCUT2D eigenvalue weighted by atomic mass is 10.2. The average Bonchev–Trinajstić information content (AvgIpc) is 2.80. The number of likely N-dealkylation sites (N-methyl/N-ethyl adjacent to an activating group) is 1. The van der Waals surface area contributed by atoms with Gasteiger partial charge in [-0.3, -0.25) is 4.79 Å². The highest BCUT2D eigenvalue weighted by Gasteiger charge is 2.12. The minimum Gasteiger partial charge on any atom is -0.355 e. The zero-order valence-electron chi connectivity index (χ0n) is 13.8. The zero-order valence-corrected chi connectivity index (χ0v) is 16.3. The second-order valence-corrected chi connectivity index (χ2v) is 7.52. The molecule has 0 aliphatic heterocycles. The molecular weight excluding hydrogens is 352 g/mol. The van der Waals surface area contributed by atoms with Crippen LogP contribution in [0, 0.1) is 13.8 Å². The first-order chi connectivity index (χ1) is 10.5. The summed E-state index contributed by atoms with van der Waals surface area (Å²) in [6.45, 7) is 6.90. The van der Waals surface area contributed by atoms with Gasteiger partial charge in [-0.1, -0.05) is 0 Å². The molecule has 8 heteroatoms. The van der Waals surface area contributed by atoms with E-state index in [0.717, 1.165) is 21.0 Å². The first-order valence-corrected chi connectivity index (χ1v) is 9.10. The fourth-order valence-corrected chi connectivity index (χ4v) is 4.02. The van der Waals surface area contributed by atoms with Crippen LogP contribution in [0.15, 0.2) is 11.4 Å². The summed E-state index contributed by atoms with van der Waals surface area (Å²) in [5.74, 6) is 0.804. The van der Waals surface area contributed by atoms with Crippen molar-refractivity contribution < 1.29 is 4.79 Å². The number of aryl methyl sites for hydroxylation is 2. The van der Waals surface area contributed by atoms with E-state index in [1.54, 1.807) is 29.4 Å². The molecule has 0 aliphatic carbocycles. The SMILES string of the molecule is CNC(C)CNC(=O)CCSc1ncnc2sc(C)c(C)c12.Cl. The van der Waals surface area contributed by atoms with Gasteiger partial charge >= 0.3 is 0 Å². The number of nitrogens with one attached hydrogen (secondary N) is 2. The zero-order chi connectivity index (χ0) is 16.1. The van der Waals surface area contributed by atoms with Crippen LogP contribution in [0.4, 0.5) is 0 Å². The van der Waals surface area contributed by atoms with Gasteiger partial charge in [-0.05, 0) is 33.4 Å². The van der Waals surface area contributed by atoms with Crippen molar-refractivity contribution in [1.82, 2.24) is 20.6 Å². The third kappa shape index (κ3) is 5.31. The molecule has 1 unspecified atom stereocenters. The van der Waals surface area contributed by atoms with E-state index < -0.39 is 0 Å². The molecule has 0 spiro atoms. The molecule has 0 aliphatic rings. The number of carbonyl (C=O) groups excluding carboxylic acids is 1. The molecule has 0 bridgehead atoms. The van der Waals surface area contributed by atoms with E-state index in [9.17, 15) is 4.79 Å². The number of carbonyl (C=O) groups is 1. The Morgan fingerprint density at radius 2 is 2.13 bits per heavy atom. The standard InChI is InChI=1S/C15H22N4OS2.ClH/c1-9(16-4)7-17-12(20)5-6-21-14-13-10(2)11(3)22-15(13)19-8-18-14;/h8-9,16H,5-7H2,1-4H3,(H,17,20);1H. The Morgan fingerprint density at radius 3 is 2.83 bits per heavy atom. The summed E-state index contributed by atoms with van der Waals surface area (Å²) >= 11 is 3.32. The summed E-state index contributed by atoms with van der Waals surface area (Å²) in [5, 5.41) is 8.14. The van der Waals surface area contributed by atoms with Gasteiger partial charge in [0.05, 0.1) is 0 Å². The van der Waals surface area contributed by atoms with E-state index in [2.05, 4.69) is 34.4 Å². The number of hydrogen-bond acceptors (Lipinski definition) is 6. The average molecular weight is 375 g/mol. The molecule has 0 saturated heterocycles. The largest absolute Gasteiger partial charge is 0.355 e. The van der Waals surface area contributed by atoms with Gasteiger partial charge in [0.25, 0.3) is 0 Å². The number of hydrogen-bond donors (Lipinski definition) is 2. The van der Waals surface area contributed by atoms with E-state index in [-0.39, 0.29) is 24.4 Å². The number of thiophene rings is 1. The number of nitrogens with zero attached hydrogens (tertiary/aromatic N) is 2. The Bertz CT molecular complexity index is 662. The van der Waals surface area contributed by atoms with Gasteiger partial charge in [0, 0.05) is 35.0 Å². The van der Waals surface area contributed by atoms with E-state index in [1.165, 1.54) is 10.4 Å². The summed E-state index contributed by atoms with van der Waals surface area (Å²) < 4.78 is 0. The number of thioether (sulfide) groups is 1. The minimum atomic E-state index is 0. The predicted molar refractivity (Wildman–Crippen MR) is 101 cm³/mol. The van der Waals surface area contributed by atoms with Crippen LogP contribution in [0.2, 0.25) is 0 Å². The summed E-state index contributed by atoms with van der Waals surface area (Å²) in [6.07, 6.45) is 2.10. The molecule has 0 saturated carbocycles. The van der Waals surface area contributed by atoms with Crippen LogP contribution in [-0.4, -0.2) is 41.3 Å². The number of aromatic nitrogens is 2. The maximum atomic E-state index is 11.8. The van der Waals surface area contributed by atoms with E-state index in [1.807, 2.05) is 14.0 Å². The van der Waals surface area contributed by atoms with Crippen LogP contribution in [-0.2, 0) is 4.79 Å². The molecule has 5 nitrogen and oxygen atoms in total. The Kier molecular flexibility index (Phi) is 8.25. The molecule has 2 N–H and O–H groups in total. The summed E-state index contributed by atoms with van der Waals surface area (Å²) in [6, 6.07) is 0.287. The second kappa shape index (κ2) is 9.42. The van der Waals surface area contributed by atoms with Gasteiger partial charge in [0.1, 0.15) is 16.2 Å². The van der Waals surface area contributed by atoms with Crippen LogP contribution in [0.25, 0.3) is 10.2 Å². The van der Waals surface area contributed by atoms with Crippen molar-refractivity contribution in [3.63, 3.8) is 0 Å². The van der Waals surface area contributed by atoms with E-state index >= 15 is 0 Å². The van der Waals surface area contributed by atoms with Gasteiger partial charge in [-0.25, -0.2) is 9.97 Å². The smallest absolute Gasteiger partial charge is 0.220 e. The van der Waals surface area contributed by atoms with Gasteiger partial charge in [0.15, 0.2) is 0 Å². The lowest BCUT2D eigenvalue weighted by Crippen LogP contribution is -2.37. The van der Waals surface area contributed by atoms with Crippen LogP contribution in [0.1, 0.15) is 23.8 Å². The Hall–Kier alpha value is -0.890. The van der Waals surface area contributed by atoms with Crippen LogP contribution >= 0.6 is 35.5 Å². The molecule has 1 atom stereocenters. The van der Waals surface area contributed by atoms with Crippen molar-refractivity contribution in [2.45, 2.75) is 38.3 Å². The van der Waals surface area contributed by atoms with Crippen molar-refractivity contribution in [2.75, 3.05) is 19.3 Å². The van der Waals surface area contributed by atoms with Crippen LogP contribution < -0.4 is 10.6 Å². The number of rotatable bonds is 7. The van der Waals surface area contributed by atoms with Gasteiger partial charge < -0.3 is 10.6 Å². The molecule has 0 fully saturated rings. The van der Waals surface area contributed by atoms with Crippen molar-refractivity contribution in [1.29, 1.82) is 0 Å². The Balaban J connectivity index is 0.00000264. The Morgan fingerprint density at radius 1 is 1.39 bits per heavy atom. The maximum absolute atomic E-state index is 11.8. The highest BCUT2D eigenvalue weighted by Crippen LogP contribution is 2.34. The first kappa shape index (κ1) is 20.2. The lowest BCUT2D eigenvalue weighted by Gasteiger charge is -2.11. The molecule has 2 rings (SSSR count). The van der Waals surface area contributed by atoms with Crippen molar-refractivity contribution in [3.05, 3.63) is 16.8 Å². The first-order valence-electron chi connectivity index (χ1n) is 7.30. The quantitative estimate of drug-likeness (QED) is 0.576. The molecular formula is C15H23ClN4OS2. The van der Waals surface area contributed by atoms with E-state index in [0.29, 0.717) is 13.0 Å². The lowest BCUT2D eigenvalue weighted by molar-refractivity contribution is -0.120. The molecule has 23 heavy (non-hydrogen) atoms. The molecule has 2 aromatic heterocycles. The molecule has 0 radical (unpaired) electrons. The number of amides is 1. The fourth-order valence-electron chi connectivity index (χ4n) is 1.96. The molecule has 0 aromatic carbocycles. The van der Waals surface area contributed by atoms with Crippen LogP contribution in [0.5, 0.6) is 0 Å². The fraction of sp³-hybridized carbons (Fsp3) is 0.533. The normalized spacial score (nSPS) is 12.0. The van der Waals surface area contributed by atoms with E-state index in [4.69, 9.17) is 0 Å². The third-order valence-electron chi connectivity index (χ3n) is 3.60. The van der Waals surface area contributed by atoms with Gasteiger partial charge in [-0.2, -0.15) is 0 Å². The second-order valence-electron chi connectivity index (χ2n) is 5.23. The maximum Gasteiger partial charge on any atom is 0.220 e. The number of fused-ring (bicyclic) bond motifs is 1. The van der Waals surface area contributed by atoms with Gasteiger partial charge in [-0.15, -0.1) is 35.5 Å². The summed E-state index contributed by atoms with van der Waals surface area (Å²) in [5.41, 5.74) is 1.25. The summed E-state index contributed by atoms with van der Waals surface area (Å²) in [4.78, 5) is 22.8. The number of halogens is 1. The molecule has 2 aromatic rings. The topological polar surface area (TPSA) is 66.9 Å². The Labute approximate surface area is 151 Å². The highest BCUT2D eigenvalue weighted by atomic mass is 35.5.